The number of hydrogen-bond acceptors (Lipinski definition) is 2. The van der Waals surface area contributed by atoms with Crippen LogP contribution in [0.1, 0.15) is 30.4 Å². The molecule has 0 saturated heterocycles. The van der Waals surface area contributed by atoms with Gasteiger partial charge >= 0.3 is 6.18 Å². The second-order valence-corrected chi connectivity index (χ2v) is 9.19. The number of anilines is 1. The molecule has 6 heteroatoms. The van der Waals surface area contributed by atoms with Gasteiger partial charge in [-0.25, -0.2) is 0 Å². The molecule has 1 aliphatic rings. The van der Waals surface area contributed by atoms with Crippen LogP contribution < -0.4 is 11.1 Å². The summed E-state index contributed by atoms with van der Waals surface area (Å²) in [6.07, 6.45) is 0.0700. The van der Waals surface area contributed by atoms with Crippen molar-refractivity contribution in [2.75, 3.05) is 12.3 Å². The van der Waals surface area contributed by atoms with Crippen LogP contribution in [0.4, 0.5) is 18.9 Å². The number of nitrogens with one attached hydrogen (secondary N) is 1. The Morgan fingerprint density at radius 2 is 1.54 bits per heavy atom. The summed E-state index contributed by atoms with van der Waals surface area (Å²) in [5.41, 5.74) is 11.8. The molecule has 0 radical (unpaired) electrons. The Labute approximate surface area is 203 Å². The first kappa shape index (κ1) is 23.1. The zero-order valence-corrected chi connectivity index (χ0v) is 19.4. The summed E-state index contributed by atoms with van der Waals surface area (Å²) in [4.78, 5) is 0. The van der Waals surface area contributed by atoms with Gasteiger partial charge in [-0.3, -0.25) is 0 Å². The van der Waals surface area contributed by atoms with Crippen molar-refractivity contribution in [3.63, 3.8) is 0 Å². The van der Waals surface area contributed by atoms with Crippen LogP contribution in [0.2, 0.25) is 0 Å². The average molecular weight is 476 g/mol. The Balaban J connectivity index is 1.44. The van der Waals surface area contributed by atoms with Gasteiger partial charge in [0, 0.05) is 29.5 Å². The third kappa shape index (κ3) is 4.07. The van der Waals surface area contributed by atoms with E-state index < -0.39 is 18.1 Å². The molecule has 0 spiro atoms. The van der Waals surface area contributed by atoms with Gasteiger partial charge in [-0.15, -0.1) is 0 Å². The van der Waals surface area contributed by atoms with Gasteiger partial charge in [0.1, 0.15) is 6.54 Å². The van der Waals surface area contributed by atoms with E-state index in [9.17, 15) is 13.2 Å². The lowest BCUT2D eigenvalue weighted by Crippen LogP contribution is -2.39. The predicted molar refractivity (Wildman–Crippen MR) is 136 cm³/mol. The summed E-state index contributed by atoms with van der Waals surface area (Å²) >= 11 is 0. The van der Waals surface area contributed by atoms with E-state index in [-0.39, 0.29) is 0 Å². The largest absolute Gasteiger partial charge is 0.405 e. The highest BCUT2D eigenvalue weighted by Gasteiger charge is 2.45. The summed E-state index contributed by atoms with van der Waals surface area (Å²) in [7, 11) is 0. The van der Waals surface area contributed by atoms with Crippen molar-refractivity contribution in [3.05, 3.63) is 102 Å². The van der Waals surface area contributed by atoms with Gasteiger partial charge in [0.15, 0.2) is 0 Å². The molecule has 0 amide bonds. The lowest BCUT2D eigenvalue weighted by atomic mass is 9.72. The Hall–Kier alpha value is -3.67. The summed E-state index contributed by atoms with van der Waals surface area (Å²) < 4.78 is 41.6. The van der Waals surface area contributed by atoms with E-state index in [2.05, 4.69) is 22.5 Å². The summed E-state index contributed by atoms with van der Waals surface area (Å²) in [6, 6.07) is 23.9. The normalized spacial score (nSPS) is 14.0. The van der Waals surface area contributed by atoms with E-state index in [1.54, 1.807) is 0 Å². The second kappa shape index (κ2) is 8.84. The predicted octanol–water partition coefficient (Wildman–Crippen LogP) is 7.03. The van der Waals surface area contributed by atoms with Crippen molar-refractivity contribution in [1.29, 1.82) is 0 Å². The molecule has 3 nitrogen and oxygen atoms in total. The van der Waals surface area contributed by atoms with Crippen LogP contribution in [0, 0.1) is 0 Å². The molecule has 0 atom stereocenters. The number of unbranched alkanes of at least 4 members (excludes halogenated alkanes) is 1. The average Bonchev–Trinajstić information content (AvgIpc) is 3.39. The standard InChI is InChI=1S/C29H28F3N3/c1-20(34-19-29(30,31)32)28(24-11-4-2-9-21(24)22-10-3-5-12-25(22)28)16-6-7-17-35-18-15-23-26(33)13-8-14-27(23)35/h2-5,8-15,18,34H,1,6-7,16-17,19,33H2. The number of alkyl halides is 3. The zero-order valence-electron chi connectivity index (χ0n) is 19.4. The molecular formula is C29H28F3N3. The van der Waals surface area contributed by atoms with Crippen molar-refractivity contribution < 1.29 is 13.2 Å². The number of benzene rings is 3. The maximum absolute atomic E-state index is 13.1. The molecule has 35 heavy (non-hydrogen) atoms. The van der Waals surface area contributed by atoms with E-state index in [0.29, 0.717) is 12.1 Å². The molecule has 1 heterocycles. The van der Waals surface area contributed by atoms with Crippen molar-refractivity contribution in [3.8, 4) is 11.1 Å². The van der Waals surface area contributed by atoms with Gasteiger partial charge < -0.3 is 15.6 Å². The van der Waals surface area contributed by atoms with Crippen LogP contribution in [0.15, 0.2) is 91.3 Å². The first-order valence-corrected chi connectivity index (χ1v) is 11.8. The topological polar surface area (TPSA) is 43.0 Å². The number of nitrogen functional groups attached to an aromatic ring is 1. The van der Waals surface area contributed by atoms with E-state index in [0.717, 1.165) is 58.2 Å². The minimum atomic E-state index is -4.32. The molecule has 0 fully saturated rings. The summed E-state index contributed by atoms with van der Waals surface area (Å²) in [5, 5.41) is 3.67. The van der Waals surface area contributed by atoms with Gasteiger partial charge in [0.05, 0.1) is 10.9 Å². The highest BCUT2D eigenvalue weighted by atomic mass is 19.4. The fourth-order valence-corrected chi connectivity index (χ4v) is 5.54. The minimum absolute atomic E-state index is 0.395. The Kier molecular flexibility index (Phi) is 5.83. The number of halogens is 3. The molecule has 0 saturated carbocycles. The highest BCUT2D eigenvalue weighted by Crippen LogP contribution is 2.54. The fraction of sp³-hybridized carbons (Fsp3) is 0.241. The molecule has 1 aliphatic carbocycles. The summed E-state index contributed by atoms with van der Waals surface area (Å²) in [6.45, 7) is 3.86. The van der Waals surface area contributed by atoms with E-state index in [1.807, 2.05) is 72.9 Å². The van der Waals surface area contributed by atoms with Crippen LogP contribution in [0.5, 0.6) is 0 Å². The molecule has 0 aliphatic heterocycles. The van der Waals surface area contributed by atoms with Crippen molar-refractivity contribution in [2.45, 2.75) is 37.4 Å². The SMILES string of the molecule is C=C(NCC(F)(F)F)C1(CCCCn2ccc3c(N)cccc32)c2ccccc2-c2ccccc21. The second-order valence-electron chi connectivity index (χ2n) is 9.19. The van der Waals surface area contributed by atoms with Gasteiger partial charge in [0.25, 0.3) is 0 Å². The molecule has 3 aromatic carbocycles. The van der Waals surface area contributed by atoms with Crippen molar-refractivity contribution >= 4 is 16.6 Å². The first-order chi connectivity index (χ1) is 16.8. The van der Waals surface area contributed by atoms with Crippen LogP contribution in [-0.2, 0) is 12.0 Å². The molecule has 3 N–H and O–H groups in total. The third-order valence-corrected chi connectivity index (χ3v) is 7.13. The Bertz CT molecular complexity index is 1340. The molecular weight excluding hydrogens is 447 g/mol. The van der Waals surface area contributed by atoms with Crippen molar-refractivity contribution in [1.82, 2.24) is 9.88 Å². The van der Waals surface area contributed by atoms with Crippen molar-refractivity contribution in [2.24, 2.45) is 0 Å². The lowest BCUT2D eigenvalue weighted by molar-refractivity contribution is -0.123. The van der Waals surface area contributed by atoms with E-state index in [1.165, 1.54) is 0 Å². The highest BCUT2D eigenvalue weighted by molar-refractivity contribution is 5.91. The molecule has 0 unspecified atom stereocenters. The van der Waals surface area contributed by atoms with Gasteiger partial charge in [-0.1, -0.05) is 67.6 Å². The fourth-order valence-electron chi connectivity index (χ4n) is 5.54. The number of allylic oxidation sites excluding steroid dienone is 1. The van der Waals surface area contributed by atoms with E-state index >= 15 is 0 Å². The molecule has 5 rings (SSSR count). The first-order valence-electron chi connectivity index (χ1n) is 11.8. The number of nitrogens with zero attached hydrogens (tertiary/aromatic N) is 1. The molecule has 4 aromatic rings. The maximum atomic E-state index is 13.1. The van der Waals surface area contributed by atoms with Crippen LogP contribution >= 0.6 is 0 Å². The van der Waals surface area contributed by atoms with Crippen LogP contribution in [-0.4, -0.2) is 17.3 Å². The number of fused-ring (bicyclic) bond motifs is 4. The van der Waals surface area contributed by atoms with Gasteiger partial charge in [0.2, 0.25) is 0 Å². The zero-order chi connectivity index (χ0) is 24.6. The number of rotatable bonds is 8. The molecule has 0 bridgehead atoms. The van der Waals surface area contributed by atoms with Crippen LogP contribution in [0.25, 0.3) is 22.0 Å². The number of hydrogen-bond donors (Lipinski definition) is 2. The smallest absolute Gasteiger partial charge is 0.398 e. The van der Waals surface area contributed by atoms with E-state index in [4.69, 9.17) is 5.73 Å². The van der Waals surface area contributed by atoms with Crippen LogP contribution in [0.3, 0.4) is 0 Å². The summed E-state index contributed by atoms with van der Waals surface area (Å²) in [5.74, 6) is 0. The lowest BCUT2D eigenvalue weighted by Gasteiger charge is -2.35. The number of nitrogens with two attached hydrogens (primary N) is 1. The van der Waals surface area contributed by atoms with Gasteiger partial charge in [-0.2, -0.15) is 13.2 Å². The maximum Gasteiger partial charge on any atom is 0.405 e. The molecule has 180 valence electrons. The Morgan fingerprint density at radius 1 is 0.886 bits per heavy atom. The number of aryl methyl sites for hydroxylation is 1. The monoisotopic (exact) mass is 475 g/mol. The van der Waals surface area contributed by atoms with Gasteiger partial charge in [-0.05, 0) is 53.3 Å². The third-order valence-electron chi connectivity index (χ3n) is 7.13. The number of aromatic nitrogens is 1. The molecule has 1 aromatic heterocycles. The minimum Gasteiger partial charge on any atom is -0.398 e. The Morgan fingerprint density at radius 3 is 2.20 bits per heavy atom. The quantitative estimate of drug-likeness (QED) is 0.212.